The maximum absolute atomic E-state index is 15.7. The van der Waals surface area contributed by atoms with Crippen LogP contribution in [0.3, 0.4) is 0 Å². The predicted molar refractivity (Wildman–Crippen MR) is 192 cm³/mol. The van der Waals surface area contributed by atoms with Crippen LogP contribution in [0.1, 0.15) is 70.9 Å². The van der Waals surface area contributed by atoms with Crippen LogP contribution >= 0.6 is 11.6 Å². The normalized spacial score (nSPS) is 17.9. The molecular weight excluding hydrogens is 781 g/mol. The van der Waals surface area contributed by atoms with Crippen molar-refractivity contribution in [3.8, 4) is 17.1 Å². The fraction of sp³-hybridized carbons (Fsp3) is 0.378. The lowest BCUT2D eigenvalue weighted by molar-refractivity contribution is -0.137. The molecule has 0 saturated carbocycles. The van der Waals surface area contributed by atoms with Crippen molar-refractivity contribution < 1.29 is 41.4 Å². The van der Waals surface area contributed by atoms with Crippen molar-refractivity contribution in [2.24, 2.45) is 0 Å². The smallest absolute Gasteiger partial charge is 0.416 e. The molecule has 2 fully saturated rings. The van der Waals surface area contributed by atoms with Gasteiger partial charge < -0.3 is 24.6 Å². The number of carbonyl (C=O) groups excluding carboxylic acids is 2. The van der Waals surface area contributed by atoms with Crippen molar-refractivity contribution in [3.63, 3.8) is 0 Å². The van der Waals surface area contributed by atoms with Crippen LogP contribution in [0, 0.1) is 18.6 Å². The highest BCUT2D eigenvalue weighted by Gasteiger charge is 2.51. The minimum Gasteiger partial charge on any atom is -0.504 e. The van der Waals surface area contributed by atoms with Crippen molar-refractivity contribution in [3.05, 3.63) is 97.4 Å². The Balaban J connectivity index is 1.19. The van der Waals surface area contributed by atoms with E-state index >= 15 is 8.78 Å². The Morgan fingerprint density at radius 1 is 1.07 bits per heavy atom. The van der Waals surface area contributed by atoms with Gasteiger partial charge in [-0.25, -0.2) is 18.7 Å². The number of aryl methyl sites for hydroxylation is 1. The summed E-state index contributed by atoms with van der Waals surface area (Å²) < 4.78 is 79.6. The summed E-state index contributed by atoms with van der Waals surface area (Å²) in [5, 5.41) is 16.9. The topological polar surface area (TPSA) is 160 Å². The SMILES string of the molecule is Cc1ncnc(C(=O)N2CCC3(CC2)OC(C)c2c3c(=O)n3nc(-c4cc(F)c(CN5CCC5)cc4F)nc3n2CC(=O)Nc2ccc(C(F)(F)F)cc2Cl)c1O. The summed E-state index contributed by atoms with van der Waals surface area (Å²) in [5.74, 6) is -3.79. The van der Waals surface area contributed by atoms with Crippen molar-refractivity contribution in [2.45, 2.75) is 64.1 Å². The largest absolute Gasteiger partial charge is 0.504 e. The minimum absolute atomic E-state index is 0.0642. The Morgan fingerprint density at radius 3 is 2.47 bits per heavy atom. The van der Waals surface area contributed by atoms with Gasteiger partial charge in [0.25, 0.3) is 11.5 Å². The van der Waals surface area contributed by atoms with E-state index in [9.17, 15) is 32.7 Å². The van der Waals surface area contributed by atoms with Gasteiger partial charge in [0.1, 0.15) is 30.1 Å². The van der Waals surface area contributed by atoms with Gasteiger partial charge in [-0.3, -0.25) is 19.3 Å². The second-order valence-electron chi connectivity index (χ2n) is 14.3. The summed E-state index contributed by atoms with van der Waals surface area (Å²) in [6.07, 6.45) is -3.23. The van der Waals surface area contributed by atoms with Crippen molar-refractivity contribution in [2.75, 3.05) is 31.5 Å². The first-order chi connectivity index (χ1) is 27.0. The molecule has 2 aromatic carbocycles. The Bertz CT molecular complexity index is 2530. The predicted octanol–water partition coefficient (Wildman–Crippen LogP) is 5.38. The Labute approximate surface area is 324 Å². The summed E-state index contributed by atoms with van der Waals surface area (Å²) in [4.78, 5) is 57.3. The molecule has 0 radical (unpaired) electrons. The van der Waals surface area contributed by atoms with Gasteiger partial charge in [0.15, 0.2) is 17.3 Å². The molecule has 298 valence electrons. The fourth-order valence-corrected chi connectivity index (χ4v) is 7.87. The standard InChI is InChI=1S/C37H33ClF5N9O5/c1-18-31(54)29(45-17-44-18)34(56)50-10-6-36(7-11-50)28-30(19(2)57-36)51(16-27(53)46-26-5-4-21(13-23(26)38)37(41,42)43)35-47-32(48-52(35)33(28)55)22-14-24(39)20(12-25(22)40)15-49-8-3-9-49/h4-5,12-14,17,19,54H,3,6-11,15-16H2,1-2H3,(H,46,53). The van der Waals surface area contributed by atoms with E-state index < -0.39 is 59.0 Å². The number of rotatable bonds is 7. The molecule has 8 rings (SSSR count). The third kappa shape index (κ3) is 6.76. The van der Waals surface area contributed by atoms with E-state index in [1.165, 1.54) is 16.4 Å². The van der Waals surface area contributed by atoms with E-state index in [1.54, 1.807) is 6.92 Å². The molecule has 0 aliphatic carbocycles. The Kier molecular flexibility index (Phi) is 9.51. The van der Waals surface area contributed by atoms with Crippen molar-refractivity contribution in [1.29, 1.82) is 0 Å². The van der Waals surface area contributed by atoms with Gasteiger partial charge in [-0.05, 0) is 76.5 Å². The van der Waals surface area contributed by atoms with Gasteiger partial charge in [-0.1, -0.05) is 11.6 Å². The molecule has 1 spiro atoms. The number of nitrogens with zero attached hydrogens (tertiary/aromatic N) is 8. The number of hydrogen-bond donors (Lipinski definition) is 2. The molecule has 3 aliphatic heterocycles. The third-order valence-electron chi connectivity index (χ3n) is 10.7. The molecule has 2 saturated heterocycles. The number of alkyl halides is 3. The highest BCUT2D eigenvalue weighted by molar-refractivity contribution is 6.33. The highest BCUT2D eigenvalue weighted by atomic mass is 35.5. The molecule has 14 nitrogen and oxygen atoms in total. The molecule has 3 aliphatic rings. The number of hydrogen-bond acceptors (Lipinski definition) is 10. The molecule has 1 atom stereocenters. The van der Waals surface area contributed by atoms with Gasteiger partial charge in [-0.15, -0.1) is 5.10 Å². The number of aromatic hydroxyl groups is 1. The van der Waals surface area contributed by atoms with E-state index in [-0.39, 0.29) is 94.3 Å². The van der Waals surface area contributed by atoms with Crippen LogP contribution in [0.15, 0.2) is 41.5 Å². The minimum atomic E-state index is -4.68. The molecule has 57 heavy (non-hydrogen) atoms. The first kappa shape index (κ1) is 38.3. The van der Waals surface area contributed by atoms with Crippen LogP contribution < -0.4 is 10.9 Å². The number of likely N-dealkylation sites (tertiary alicyclic amines) is 2. The number of benzene rings is 2. The van der Waals surface area contributed by atoms with Crippen LogP contribution in [0.2, 0.25) is 5.02 Å². The number of piperidine rings is 1. The van der Waals surface area contributed by atoms with E-state index in [1.807, 2.05) is 4.90 Å². The summed E-state index contributed by atoms with van der Waals surface area (Å²) in [7, 11) is 0. The zero-order valence-electron chi connectivity index (χ0n) is 30.3. The summed E-state index contributed by atoms with van der Waals surface area (Å²) >= 11 is 6.12. The molecule has 1 unspecified atom stereocenters. The van der Waals surface area contributed by atoms with E-state index in [0.29, 0.717) is 6.07 Å². The highest BCUT2D eigenvalue weighted by Crippen LogP contribution is 2.48. The number of carbonyl (C=O) groups is 2. The zero-order valence-corrected chi connectivity index (χ0v) is 31.1. The zero-order chi connectivity index (χ0) is 40.6. The van der Waals surface area contributed by atoms with Gasteiger partial charge >= 0.3 is 6.18 Å². The Hall–Kier alpha value is -5.53. The van der Waals surface area contributed by atoms with Gasteiger partial charge in [0.05, 0.1) is 44.9 Å². The van der Waals surface area contributed by atoms with Gasteiger partial charge in [0, 0.05) is 25.2 Å². The molecule has 6 heterocycles. The lowest BCUT2D eigenvalue weighted by Gasteiger charge is -2.39. The third-order valence-corrected chi connectivity index (χ3v) is 11.0. The molecule has 5 aromatic rings. The lowest BCUT2D eigenvalue weighted by atomic mass is 9.85. The van der Waals surface area contributed by atoms with E-state index in [4.69, 9.17) is 16.3 Å². The number of aromatic nitrogens is 6. The van der Waals surface area contributed by atoms with Crippen molar-refractivity contribution >= 4 is 34.9 Å². The number of nitrogens with one attached hydrogen (secondary N) is 1. The summed E-state index contributed by atoms with van der Waals surface area (Å²) in [5.41, 5.74) is -2.99. The second-order valence-corrected chi connectivity index (χ2v) is 14.7. The molecular formula is C37H33ClF5N9O5. The molecule has 2 N–H and O–H groups in total. The second kappa shape index (κ2) is 14.1. The van der Waals surface area contributed by atoms with Crippen LogP contribution in [0.5, 0.6) is 5.75 Å². The maximum atomic E-state index is 15.7. The number of halogens is 6. The molecule has 0 bridgehead atoms. The van der Waals surface area contributed by atoms with Crippen molar-refractivity contribution in [1.82, 2.24) is 38.9 Å². The number of fused-ring (bicyclic) bond motifs is 3. The number of anilines is 1. The van der Waals surface area contributed by atoms with Crippen LogP contribution in [0.4, 0.5) is 27.6 Å². The number of ether oxygens (including phenoxy) is 1. The maximum Gasteiger partial charge on any atom is 0.416 e. The average Bonchev–Trinajstić information content (AvgIpc) is 3.71. The van der Waals surface area contributed by atoms with Gasteiger partial charge in [0.2, 0.25) is 11.7 Å². The van der Waals surface area contributed by atoms with E-state index in [2.05, 4.69) is 25.4 Å². The number of amides is 2. The monoisotopic (exact) mass is 813 g/mol. The Morgan fingerprint density at radius 2 is 1.81 bits per heavy atom. The molecule has 3 aromatic heterocycles. The van der Waals surface area contributed by atoms with Crippen LogP contribution in [0.25, 0.3) is 17.2 Å². The summed E-state index contributed by atoms with van der Waals surface area (Å²) in [6.45, 7) is 4.44. The molecule has 20 heteroatoms. The summed E-state index contributed by atoms with van der Waals surface area (Å²) in [6, 6.07) is 4.45. The first-order valence-electron chi connectivity index (χ1n) is 17.9. The van der Waals surface area contributed by atoms with E-state index in [0.717, 1.165) is 54.6 Å². The van der Waals surface area contributed by atoms with Gasteiger partial charge in [-0.2, -0.15) is 22.7 Å². The van der Waals surface area contributed by atoms with Crippen LogP contribution in [-0.4, -0.2) is 82.0 Å². The first-order valence-corrected chi connectivity index (χ1v) is 18.3. The lowest BCUT2D eigenvalue weighted by Crippen LogP contribution is -2.47. The average molecular weight is 814 g/mol. The molecule has 2 amide bonds. The quantitative estimate of drug-likeness (QED) is 0.204. The van der Waals surface area contributed by atoms with Crippen LogP contribution in [-0.2, 0) is 34.4 Å². The fourth-order valence-electron chi connectivity index (χ4n) is 7.65.